The van der Waals surface area contributed by atoms with Crippen LogP contribution < -0.4 is 0 Å². The molecule has 0 aliphatic carbocycles. The molecule has 126 valence electrons. The molecule has 0 atom stereocenters. The van der Waals surface area contributed by atoms with Crippen LogP contribution in [-0.4, -0.2) is 27.6 Å². The summed E-state index contributed by atoms with van der Waals surface area (Å²) in [6.45, 7) is 4.07. The lowest BCUT2D eigenvalue weighted by molar-refractivity contribution is -0.121. The monoisotopic (exact) mass is 370 g/mol. The average molecular weight is 371 g/mol. The van der Waals surface area contributed by atoms with E-state index in [0.29, 0.717) is 27.3 Å². The lowest BCUT2D eigenvalue weighted by Gasteiger charge is -2.12. The Morgan fingerprint density at radius 2 is 2.00 bits per heavy atom. The summed E-state index contributed by atoms with van der Waals surface area (Å²) in [7, 11) is 0. The number of halogens is 1. The zero-order chi connectivity index (χ0) is 17.8. The number of thioether (sulfide) groups is 1. The zero-order valence-corrected chi connectivity index (χ0v) is 14.8. The average Bonchev–Trinajstić information content (AvgIpc) is 2.86. The molecule has 0 aromatic heterocycles. The number of nitrogens with zero attached hydrogens (tertiary/aromatic N) is 2. The second kappa shape index (κ2) is 7.59. The number of carbonyl (C=O) groups excluding carboxylic acids is 1. The normalized spacial score (nSPS) is 17.5. The molecule has 2 aromatic carbocycles. The van der Waals surface area contributed by atoms with Crippen LogP contribution in [0.5, 0.6) is 5.75 Å². The summed E-state index contributed by atoms with van der Waals surface area (Å²) < 4.78 is 0. The van der Waals surface area contributed by atoms with Gasteiger partial charge in [0.15, 0.2) is 5.17 Å². The van der Waals surface area contributed by atoms with Crippen molar-refractivity contribution in [2.75, 3.05) is 6.54 Å². The summed E-state index contributed by atoms with van der Waals surface area (Å²) in [6.07, 6.45) is 3.46. The highest BCUT2D eigenvalue weighted by molar-refractivity contribution is 8.18. The molecule has 0 saturated carbocycles. The molecule has 1 aliphatic rings. The van der Waals surface area contributed by atoms with Crippen molar-refractivity contribution in [2.24, 2.45) is 4.99 Å². The van der Waals surface area contributed by atoms with E-state index in [2.05, 4.69) is 11.6 Å². The van der Waals surface area contributed by atoms with Gasteiger partial charge in [0.25, 0.3) is 5.91 Å². The highest BCUT2D eigenvalue weighted by atomic mass is 35.5. The van der Waals surface area contributed by atoms with Gasteiger partial charge >= 0.3 is 0 Å². The first-order valence-electron chi connectivity index (χ1n) is 7.52. The van der Waals surface area contributed by atoms with Crippen molar-refractivity contribution >= 4 is 46.2 Å². The van der Waals surface area contributed by atoms with Gasteiger partial charge in [0, 0.05) is 11.6 Å². The Labute approximate surface area is 155 Å². The molecular weight excluding hydrogens is 356 g/mol. The SMILES string of the molecule is C=CCN1C(=O)/C(=C/c2cccc(Cl)c2)SC1=Nc1ccc(O)cc1. The maximum atomic E-state index is 12.7. The molecule has 3 rings (SSSR count). The van der Waals surface area contributed by atoms with Gasteiger partial charge in [0.05, 0.1) is 10.6 Å². The fourth-order valence-corrected chi connectivity index (χ4v) is 3.47. The van der Waals surface area contributed by atoms with Crippen LogP contribution in [0.2, 0.25) is 5.02 Å². The van der Waals surface area contributed by atoms with Crippen LogP contribution in [-0.2, 0) is 4.79 Å². The zero-order valence-electron chi connectivity index (χ0n) is 13.2. The summed E-state index contributed by atoms with van der Waals surface area (Å²) >= 11 is 7.31. The van der Waals surface area contributed by atoms with Crippen LogP contribution in [0.4, 0.5) is 5.69 Å². The topological polar surface area (TPSA) is 52.9 Å². The predicted octanol–water partition coefficient (Wildman–Crippen LogP) is 4.84. The number of carbonyl (C=O) groups is 1. The molecule has 1 fully saturated rings. The molecule has 0 bridgehead atoms. The van der Waals surface area contributed by atoms with Gasteiger partial charge in [-0.3, -0.25) is 9.69 Å². The van der Waals surface area contributed by atoms with Gasteiger partial charge in [-0.25, -0.2) is 4.99 Å². The predicted molar refractivity (Wildman–Crippen MR) is 104 cm³/mol. The Morgan fingerprint density at radius 3 is 2.68 bits per heavy atom. The Kier molecular flexibility index (Phi) is 5.26. The first-order chi connectivity index (χ1) is 12.1. The number of amides is 1. The first-order valence-corrected chi connectivity index (χ1v) is 8.72. The number of hydrogen-bond donors (Lipinski definition) is 1. The second-order valence-electron chi connectivity index (χ2n) is 5.28. The number of amidine groups is 1. The molecule has 1 amide bonds. The molecule has 1 N–H and O–H groups in total. The number of aliphatic imine (C=N–C) groups is 1. The minimum absolute atomic E-state index is 0.123. The van der Waals surface area contributed by atoms with E-state index in [1.807, 2.05) is 12.1 Å². The summed E-state index contributed by atoms with van der Waals surface area (Å²) in [6, 6.07) is 13.8. The molecule has 0 radical (unpaired) electrons. The summed E-state index contributed by atoms with van der Waals surface area (Å²) in [5, 5.41) is 10.6. The fraction of sp³-hybridized carbons (Fsp3) is 0.0526. The smallest absolute Gasteiger partial charge is 0.267 e. The minimum atomic E-state index is -0.123. The van der Waals surface area contributed by atoms with E-state index in [1.54, 1.807) is 53.5 Å². The number of hydrogen-bond acceptors (Lipinski definition) is 4. The Hall–Kier alpha value is -2.50. The Bertz CT molecular complexity index is 875. The van der Waals surface area contributed by atoms with Crippen molar-refractivity contribution < 1.29 is 9.90 Å². The van der Waals surface area contributed by atoms with Crippen LogP contribution >= 0.6 is 23.4 Å². The van der Waals surface area contributed by atoms with E-state index in [9.17, 15) is 9.90 Å². The van der Waals surface area contributed by atoms with Gasteiger partial charge in [-0.15, -0.1) is 6.58 Å². The summed E-state index contributed by atoms with van der Waals surface area (Å²) in [5.74, 6) is 0.0472. The molecule has 4 nitrogen and oxygen atoms in total. The third kappa shape index (κ3) is 4.13. The molecule has 0 spiro atoms. The molecule has 1 heterocycles. The number of phenols is 1. The van der Waals surface area contributed by atoms with Crippen LogP contribution in [0, 0.1) is 0 Å². The molecular formula is C19H15ClN2O2S. The van der Waals surface area contributed by atoms with E-state index in [4.69, 9.17) is 11.6 Å². The van der Waals surface area contributed by atoms with Crippen LogP contribution in [0.25, 0.3) is 6.08 Å². The van der Waals surface area contributed by atoms with Gasteiger partial charge < -0.3 is 5.11 Å². The summed E-state index contributed by atoms with van der Waals surface area (Å²) in [5.41, 5.74) is 1.51. The Balaban J connectivity index is 1.94. The highest BCUT2D eigenvalue weighted by Crippen LogP contribution is 2.34. The van der Waals surface area contributed by atoms with Crippen LogP contribution in [0.15, 0.2) is 71.1 Å². The van der Waals surface area contributed by atoms with Crippen molar-refractivity contribution in [3.63, 3.8) is 0 Å². The maximum Gasteiger partial charge on any atom is 0.267 e. The summed E-state index contributed by atoms with van der Waals surface area (Å²) in [4.78, 5) is 19.3. The standard InChI is InChI=1S/C19H15ClN2O2S/c1-2-10-22-18(24)17(12-13-4-3-5-14(20)11-13)25-19(22)21-15-6-8-16(23)9-7-15/h2-9,11-12,23H,1,10H2/b17-12-,21-19?. The highest BCUT2D eigenvalue weighted by Gasteiger charge is 2.32. The van der Waals surface area contributed by atoms with E-state index in [1.165, 1.54) is 11.8 Å². The van der Waals surface area contributed by atoms with Crippen molar-refractivity contribution in [3.05, 3.63) is 76.7 Å². The van der Waals surface area contributed by atoms with E-state index < -0.39 is 0 Å². The van der Waals surface area contributed by atoms with Crippen molar-refractivity contribution in [1.82, 2.24) is 4.90 Å². The minimum Gasteiger partial charge on any atom is -0.508 e. The Morgan fingerprint density at radius 1 is 1.24 bits per heavy atom. The number of phenolic OH excluding ortho intramolecular Hbond substituents is 1. The lowest BCUT2D eigenvalue weighted by Crippen LogP contribution is -2.29. The molecule has 2 aromatic rings. The third-order valence-corrected chi connectivity index (χ3v) is 4.66. The number of rotatable bonds is 4. The number of aromatic hydroxyl groups is 1. The van der Waals surface area contributed by atoms with Crippen LogP contribution in [0.1, 0.15) is 5.56 Å². The van der Waals surface area contributed by atoms with Gasteiger partial charge in [0.2, 0.25) is 0 Å². The van der Waals surface area contributed by atoms with E-state index in [0.717, 1.165) is 5.56 Å². The van der Waals surface area contributed by atoms with E-state index in [-0.39, 0.29) is 11.7 Å². The van der Waals surface area contributed by atoms with Gasteiger partial charge in [-0.2, -0.15) is 0 Å². The van der Waals surface area contributed by atoms with Crippen molar-refractivity contribution in [2.45, 2.75) is 0 Å². The quantitative estimate of drug-likeness (QED) is 0.619. The van der Waals surface area contributed by atoms with Gasteiger partial charge in [-0.05, 0) is 59.8 Å². The fourth-order valence-electron chi connectivity index (χ4n) is 2.27. The van der Waals surface area contributed by atoms with Gasteiger partial charge in [0.1, 0.15) is 5.75 Å². The van der Waals surface area contributed by atoms with Crippen molar-refractivity contribution in [1.29, 1.82) is 0 Å². The molecule has 1 saturated heterocycles. The molecule has 6 heteroatoms. The van der Waals surface area contributed by atoms with E-state index >= 15 is 0 Å². The molecule has 1 aliphatic heterocycles. The third-order valence-electron chi connectivity index (χ3n) is 3.42. The largest absolute Gasteiger partial charge is 0.508 e. The maximum absolute atomic E-state index is 12.7. The second-order valence-corrected chi connectivity index (χ2v) is 6.73. The molecule has 0 unspecified atom stereocenters. The van der Waals surface area contributed by atoms with Crippen molar-refractivity contribution in [3.8, 4) is 5.75 Å². The lowest BCUT2D eigenvalue weighted by atomic mass is 10.2. The van der Waals surface area contributed by atoms with Gasteiger partial charge in [-0.1, -0.05) is 29.8 Å². The molecule has 25 heavy (non-hydrogen) atoms. The number of benzene rings is 2. The first kappa shape index (κ1) is 17.3. The van der Waals surface area contributed by atoms with Crippen LogP contribution in [0.3, 0.4) is 0 Å².